The molecule has 0 saturated carbocycles. The minimum atomic E-state index is -0.731. The molecule has 0 aliphatic heterocycles. The van der Waals surface area contributed by atoms with E-state index in [4.69, 9.17) is 17.3 Å². The molecule has 0 atom stereocenters. The highest BCUT2D eigenvalue weighted by molar-refractivity contribution is 6.30. The molecule has 3 N–H and O–H groups in total. The van der Waals surface area contributed by atoms with Crippen LogP contribution in [0.25, 0.3) is 16.9 Å². The second kappa shape index (κ2) is 5.97. The minimum Gasteiger partial charge on any atom is -0.351 e. The molecule has 0 fully saturated rings. The van der Waals surface area contributed by atoms with E-state index in [2.05, 4.69) is 15.5 Å². The van der Waals surface area contributed by atoms with E-state index in [1.165, 1.54) is 22.9 Å². The number of carbonyl (C=O) groups is 1. The molecule has 0 spiro atoms. The number of primary amides is 1. The summed E-state index contributed by atoms with van der Waals surface area (Å²) in [6.07, 6.45) is 3.46. The van der Waals surface area contributed by atoms with Crippen LogP contribution in [0.1, 0.15) is 5.56 Å². The molecule has 0 aliphatic carbocycles. The number of nitrogens with two attached hydrogens (primary N) is 1. The van der Waals surface area contributed by atoms with Crippen molar-refractivity contribution in [1.82, 2.24) is 19.6 Å². The van der Waals surface area contributed by atoms with Gasteiger partial charge >= 0.3 is 6.03 Å². The zero-order chi connectivity index (χ0) is 17.4. The summed E-state index contributed by atoms with van der Waals surface area (Å²) in [5, 5.41) is 11.1. The number of hydrogen-bond donors (Lipinski definition) is 2. The van der Waals surface area contributed by atoms with E-state index in [1.54, 1.807) is 31.0 Å². The summed E-state index contributed by atoms with van der Waals surface area (Å²) in [5.74, 6) is -0.162. The van der Waals surface area contributed by atoms with Gasteiger partial charge in [0.15, 0.2) is 0 Å². The Morgan fingerprint density at radius 1 is 1.42 bits per heavy atom. The highest BCUT2D eigenvalue weighted by Gasteiger charge is 2.19. The van der Waals surface area contributed by atoms with E-state index in [0.717, 1.165) is 5.56 Å². The van der Waals surface area contributed by atoms with Gasteiger partial charge < -0.3 is 5.73 Å². The average Bonchev–Trinajstić information content (AvgIpc) is 3.07. The van der Waals surface area contributed by atoms with Crippen LogP contribution < -0.4 is 11.1 Å². The molecular weight excluding hydrogens is 335 g/mol. The second-order valence-corrected chi connectivity index (χ2v) is 5.63. The van der Waals surface area contributed by atoms with Crippen molar-refractivity contribution in [3.8, 4) is 16.9 Å². The zero-order valence-electron chi connectivity index (χ0n) is 12.9. The molecule has 0 unspecified atom stereocenters. The van der Waals surface area contributed by atoms with Crippen molar-refractivity contribution in [1.29, 1.82) is 0 Å². The fourth-order valence-electron chi connectivity index (χ4n) is 2.38. The summed E-state index contributed by atoms with van der Waals surface area (Å²) in [4.78, 5) is 11.3. The molecule has 3 aromatic rings. The van der Waals surface area contributed by atoms with Gasteiger partial charge in [-0.1, -0.05) is 11.6 Å². The van der Waals surface area contributed by atoms with Gasteiger partial charge in [-0.3, -0.25) is 10.00 Å². The largest absolute Gasteiger partial charge is 0.351 e. The third-order valence-corrected chi connectivity index (χ3v) is 3.78. The van der Waals surface area contributed by atoms with Crippen molar-refractivity contribution in [2.45, 2.75) is 6.92 Å². The number of anilines is 1. The normalized spacial score (nSPS) is 10.8. The van der Waals surface area contributed by atoms with Crippen LogP contribution in [-0.2, 0) is 7.05 Å². The number of urea groups is 1. The summed E-state index contributed by atoms with van der Waals surface area (Å²) in [5.41, 5.74) is 7.83. The van der Waals surface area contributed by atoms with Crippen molar-refractivity contribution < 1.29 is 9.18 Å². The van der Waals surface area contributed by atoms with Crippen LogP contribution in [0, 0.1) is 12.7 Å². The predicted octanol–water partition coefficient (Wildman–Crippen LogP) is 2.86. The highest BCUT2D eigenvalue weighted by atomic mass is 35.5. The van der Waals surface area contributed by atoms with Gasteiger partial charge in [0.1, 0.15) is 17.3 Å². The average molecular weight is 349 g/mol. The molecule has 0 radical (unpaired) electrons. The fourth-order valence-corrected chi connectivity index (χ4v) is 2.56. The molecule has 2 heterocycles. The lowest BCUT2D eigenvalue weighted by atomic mass is 10.1. The molecule has 2 aromatic heterocycles. The van der Waals surface area contributed by atoms with Crippen LogP contribution in [0.3, 0.4) is 0 Å². The first-order chi connectivity index (χ1) is 11.4. The number of amides is 2. The molecule has 1 aromatic carbocycles. The number of carbonyl (C=O) groups excluding carboxylic acids is 1. The van der Waals surface area contributed by atoms with Gasteiger partial charge in [0, 0.05) is 24.4 Å². The molecule has 9 heteroatoms. The van der Waals surface area contributed by atoms with Crippen molar-refractivity contribution >= 4 is 23.4 Å². The Balaban J connectivity index is 2.19. The Hall–Kier alpha value is -2.87. The number of hydrogen-bond acceptors (Lipinski definition) is 3. The molecule has 0 aliphatic rings. The van der Waals surface area contributed by atoms with Crippen molar-refractivity contribution in [2.75, 3.05) is 5.32 Å². The van der Waals surface area contributed by atoms with Gasteiger partial charge in [-0.2, -0.15) is 10.2 Å². The van der Waals surface area contributed by atoms with Crippen LogP contribution in [0.2, 0.25) is 5.02 Å². The minimum absolute atomic E-state index is 0.0476. The Bertz CT molecular complexity index is 932. The molecule has 0 bridgehead atoms. The van der Waals surface area contributed by atoms with Crippen LogP contribution in [-0.4, -0.2) is 25.6 Å². The summed E-state index contributed by atoms with van der Waals surface area (Å²) in [6, 6.07) is 3.42. The Morgan fingerprint density at radius 3 is 2.75 bits per heavy atom. The first-order valence-corrected chi connectivity index (χ1v) is 7.35. The van der Waals surface area contributed by atoms with Gasteiger partial charge in [-0.25, -0.2) is 13.9 Å². The van der Waals surface area contributed by atoms with E-state index in [-0.39, 0.29) is 5.02 Å². The highest BCUT2D eigenvalue weighted by Crippen LogP contribution is 2.31. The van der Waals surface area contributed by atoms with Crippen LogP contribution >= 0.6 is 11.6 Å². The second-order valence-electron chi connectivity index (χ2n) is 5.22. The lowest BCUT2D eigenvalue weighted by Gasteiger charge is -2.08. The quantitative estimate of drug-likeness (QED) is 0.762. The van der Waals surface area contributed by atoms with E-state index in [0.29, 0.717) is 22.8 Å². The van der Waals surface area contributed by atoms with E-state index in [1.807, 2.05) is 0 Å². The lowest BCUT2D eigenvalue weighted by Crippen LogP contribution is -2.21. The summed E-state index contributed by atoms with van der Waals surface area (Å²) < 4.78 is 16.5. The number of aryl methyl sites for hydroxylation is 1. The van der Waals surface area contributed by atoms with E-state index < -0.39 is 11.8 Å². The molecule has 3 rings (SSSR count). The van der Waals surface area contributed by atoms with Gasteiger partial charge in [0.05, 0.1) is 16.9 Å². The SMILES string of the molecule is Cc1c(-c2cnn(C)c2)nn(-c2ccc(F)c(Cl)c2)c1NC(N)=O. The molecule has 7 nitrogen and oxygen atoms in total. The third kappa shape index (κ3) is 2.83. The first kappa shape index (κ1) is 16.0. The summed E-state index contributed by atoms with van der Waals surface area (Å²) >= 11 is 5.85. The molecule has 124 valence electrons. The Kier molecular flexibility index (Phi) is 3.98. The van der Waals surface area contributed by atoms with Crippen molar-refractivity contribution in [3.05, 3.63) is 47.0 Å². The smallest absolute Gasteiger partial charge is 0.317 e. The standard InChI is InChI=1S/C15H14ClFN6O/c1-8-13(9-6-19-22(2)7-9)21-23(14(8)20-15(18)24)10-3-4-12(17)11(16)5-10/h3-7H,1-2H3,(H3,18,20,24). The maximum absolute atomic E-state index is 13.4. The predicted molar refractivity (Wildman–Crippen MR) is 88.7 cm³/mol. The van der Waals surface area contributed by atoms with Crippen molar-refractivity contribution in [2.24, 2.45) is 12.8 Å². The number of nitrogens with zero attached hydrogens (tertiary/aromatic N) is 4. The molecular formula is C15H14ClFN6O. The summed E-state index contributed by atoms with van der Waals surface area (Å²) in [6.45, 7) is 1.79. The van der Waals surface area contributed by atoms with Gasteiger partial charge in [-0.15, -0.1) is 0 Å². The molecule has 24 heavy (non-hydrogen) atoms. The number of aromatic nitrogens is 4. The van der Waals surface area contributed by atoms with Gasteiger partial charge in [0.25, 0.3) is 0 Å². The number of benzene rings is 1. The molecule has 0 saturated heterocycles. The van der Waals surface area contributed by atoms with Gasteiger partial charge in [-0.05, 0) is 25.1 Å². The fraction of sp³-hybridized carbons (Fsp3) is 0.133. The number of halogens is 2. The zero-order valence-corrected chi connectivity index (χ0v) is 13.7. The monoisotopic (exact) mass is 348 g/mol. The van der Waals surface area contributed by atoms with E-state index >= 15 is 0 Å². The topological polar surface area (TPSA) is 90.8 Å². The summed E-state index contributed by atoms with van der Waals surface area (Å²) in [7, 11) is 1.79. The van der Waals surface area contributed by atoms with Crippen LogP contribution in [0.15, 0.2) is 30.6 Å². The number of rotatable bonds is 3. The lowest BCUT2D eigenvalue weighted by molar-refractivity contribution is 0.259. The van der Waals surface area contributed by atoms with Crippen LogP contribution in [0.4, 0.5) is 15.0 Å². The maximum atomic E-state index is 13.4. The van der Waals surface area contributed by atoms with Crippen molar-refractivity contribution in [3.63, 3.8) is 0 Å². The maximum Gasteiger partial charge on any atom is 0.317 e. The van der Waals surface area contributed by atoms with Gasteiger partial charge in [0.2, 0.25) is 0 Å². The Labute approximate surface area is 141 Å². The third-order valence-electron chi connectivity index (χ3n) is 3.49. The van der Waals surface area contributed by atoms with Crippen LogP contribution in [0.5, 0.6) is 0 Å². The number of nitrogens with one attached hydrogen (secondary N) is 1. The first-order valence-electron chi connectivity index (χ1n) is 6.97. The Morgan fingerprint density at radius 2 is 2.17 bits per heavy atom. The van der Waals surface area contributed by atoms with E-state index in [9.17, 15) is 9.18 Å². The molecule has 2 amide bonds.